The van der Waals surface area contributed by atoms with Crippen LogP contribution in [-0.4, -0.2) is 42.5 Å². The third kappa shape index (κ3) is 4.66. The summed E-state index contributed by atoms with van der Waals surface area (Å²) in [5.41, 5.74) is 0. The second-order valence-corrected chi connectivity index (χ2v) is 2.75. The molecule has 0 aromatic carbocycles. The average Bonchev–Trinajstić information content (AvgIpc) is 2.14. The molecule has 0 fully saturated rings. The molecule has 0 radical (unpaired) electrons. The fourth-order valence-corrected chi connectivity index (χ4v) is 0.944. The second kappa shape index (κ2) is 5.57. The molecule has 0 aromatic heterocycles. The Morgan fingerprint density at radius 3 is 2.00 bits per heavy atom. The van der Waals surface area contributed by atoms with Crippen molar-refractivity contribution in [3.05, 3.63) is 0 Å². The molecule has 0 aliphatic heterocycles. The van der Waals surface area contributed by atoms with E-state index in [1.807, 2.05) is 0 Å². The molecule has 0 heterocycles. The second-order valence-electron chi connectivity index (χ2n) is 2.75. The predicted octanol–water partition coefficient (Wildman–Crippen LogP) is 0.533. The summed E-state index contributed by atoms with van der Waals surface area (Å²) in [6.45, 7) is 3.58. The number of nitrogens with zero attached hydrogens (tertiary/aromatic N) is 1. The molecule has 0 atom stereocenters. The zero-order valence-corrected chi connectivity index (χ0v) is 8.52. The Labute approximate surface area is 85.4 Å². The first-order valence-corrected chi connectivity index (χ1v) is 4.45. The third-order valence-electron chi connectivity index (χ3n) is 1.77. The number of likely N-dealkylation sites (N-methyl/N-ethyl adjacent to an activating group) is 1. The molecule has 4 nitrogen and oxygen atoms in total. The van der Waals surface area contributed by atoms with Crippen LogP contribution in [0.25, 0.3) is 0 Å². The van der Waals surface area contributed by atoms with Gasteiger partial charge in [0, 0.05) is 13.1 Å². The van der Waals surface area contributed by atoms with Crippen LogP contribution in [0.4, 0.5) is 13.2 Å². The van der Waals surface area contributed by atoms with E-state index in [0.29, 0.717) is 13.1 Å². The maximum Gasteiger partial charge on any atom is 0.471 e. The molecule has 0 unspecified atom stereocenters. The first kappa shape index (κ1) is 13.7. The first-order valence-electron chi connectivity index (χ1n) is 4.45. The van der Waals surface area contributed by atoms with Gasteiger partial charge in [-0.3, -0.25) is 9.59 Å². The van der Waals surface area contributed by atoms with Crippen molar-refractivity contribution >= 4 is 11.8 Å². The van der Waals surface area contributed by atoms with E-state index >= 15 is 0 Å². The molecule has 0 aliphatic rings. The summed E-state index contributed by atoms with van der Waals surface area (Å²) in [6.07, 6.45) is -4.94. The number of carbonyl (C=O) groups is 2. The number of halogens is 3. The van der Waals surface area contributed by atoms with E-state index in [2.05, 4.69) is 0 Å². The number of amides is 2. The zero-order chi connectivity index (χ0) is 12.1. The molecule has 0 saturated carbocycles. The third-order valence-corrected chi connectivity index (χ3v) is 1.77. The van der Waals surface area contributed by atoms with Gasteiger partial charge in [0.15, 0.2) is 0 Å². The van der Waals surface area contributed by atoms with E-state index in [9.17, 15) is 22.8 Å². The SMILES string of the molecule is CCN(CC)C(=O)CNC(=O)C(F)(F)F. The van der Waals surface area contributed by atoms with E-state index in [0.717, 1.165) is 0 Å². The summed E-state index contributed by atoms with van der Waals surface area (Å²) in [7, 11) is 0. The Hall–Kier alpha value is -1.27. The van der Waals surface area contributed by atoms with Crippen LogP contribution in [0.5, 0.6) is 0 Å². The fourth-order valence-electron chi connectivity index (χ4n) is 0.944. The average molecular weight is 226 g/mol. The standard InChI is InChI=1S/C8H13F3N2O2/c1-3-13(4-2)6(14)5-12-7(15)8(9,10)11/h3-5H2,1-2H3,(H,12,15). The van der Waals surface area contributed by atoms with Crippen molar-refractivity contribution in [1.82, 2.24) is 10.2 Å². The summed E-state index contributed by atoms with van der Waals surface area (Å²) in [5, 5.41) is 1.52. The van der Waals surface area contributed by atoms with Gasteiger partial charge in [-0.15, -0.1) is 0 Å². The summed E-state index contributed by atoms with van der Waals surface area (Å²) in [5.74, 6) is -2.62. The van der Waals surface area contributed by atoms with Crippen molar-refractivity contribution in [3.63, 3.8) is 0 Å². The lowest BCUT2D eigenvalue weighted by molar-refractivity contribution is -0.174. The number of carbonyl (C=O) groups excluding carboxylic acids is 2. The van der Waals surface area contributed by atoms with E-state index in [-0.39, 0.29) is 0 Å². The van der Waals surface area contributed by atoms with Gasteiger partial charge in [-0.1, -0.05) is 0 Å². The molecule has 0 rings (SSSR count). The number of nitrogens with one attached hydrogen (secondary N) is 1. The Balaban J connectivity index is 4.06. The van der Waals surface area contributed by atoms with Crippen LogP contribution in [0.3, 0.4) is 0 Å². The predicted molar refractivity (Wildman–Crippen MR) is 47.0 cm³/mol. The maximum absolute atomic E-state index is 11.7. The van der Waals surface area contributed by atoms with Crippen LogP contribution in [0.2, 0.25) is 0 Å². The van der Waals surface area contributed by atoms with Crippen LogP contribution < -0.4 is 5.32 Å². The monoisotopic (exact) mass is 226 g/mol. The molecular formula is C8H13F3N2O2. The largest absolute Gasteiger partial charge is 0.471 e. The van der Waals surface area contributed by atoms with Gasteiger partial charge in [0.1, 0.15) is 0 Å². The molecule has 0 spiro atoms. The highest BCUT2D eigenvalue weighted by molar-refractivity contribution is 5.87. The van der Waals surface area contributed by atoms with Crippen molar-refractivity contribution in [2.45, 2.75) is 20.0 Å². The van der Waals surface area contributed by atoms with E-state index < -0.39 is 24.5 Å². The minimum atomic E-state index is -4.94. The quantitative estimate of drug-likeness (QED) is 0.760. The Morgan fingerprint density at radius 1 is 1.20 bits per heavy atom. The highest BCUT2D eigenvalue weighted by Crippen LogP contribution is 2.13. The van der Waals surface area contributed by atoms with E-state index in [4.69, 9.17) is 0 Å². The van der Waals surface area contributed by atoms with Crippen molar-refractivity contribution in [3.8, 4) is 0 Å². The number of rotatable bonds is 4. The lowest BCUT2D eigenvalue weighted by atomic mass is 10.4. The van der Waals surface area contributed by atoms with E-state index in [1.54, 1.807) is 13.8 Å². The number of alkyl halides is 3. The maximum atomic E-state index is 11.7. The van der Waals surface area contributed by atoms with Crippen molar-refractivity contribution in [2.24, 2.45) is 0 Å². The minimum Gasteiger partial charge on any atom is -0.342 e. The van der Waals surface area contributed by atoms with E-state index in [1.165, 1.54) is 10.2 Å². The van der Waals surface area contributed by atoms with Crippen molar-refractivity contribution < 1.29 is 22.8 Å². The number of hydrogen-bond acceptors (Lipinski definition) is 2. The fraction of sp³-hybridized carbons (Fsp3) is 0.750. The molecule has 0 aromatic rings. The summed E-state index contributed by atoms with van der Waals surface area (Å²) in [4.78, 5) is 22.9. The van der Waals surface area contributed by atoms with Gasteiger partial charge < -0.3 is 10.2 Å². The first-order chi connectivity index (χ1) is 6.82. The van der Waals surface area contributed by atoms with Crippen LogP contribution >= 0.6 is 0 Å². The van der Waals surface area contributed by atoms with Crippen molar-refractivity contribution in [2.75, 3.05) is 19.6 Å². The van der Waals surface area contributed by atoms with Gasteiger partial charge in [-0.05, 0) is 13.8 Å². The smallest absolute Gasteiger partial charge is 0.342 e. The molecule has 0 saturated heterocycles. The van der Waals surface area contributed by atoms with Gasteiger partial charge in [-0.2, -0.15) is 13.2 Å². The normalized spacial score (nSPS) is 11.0. The molecule has 7 heteroatoms. The Morgan fingerprint density at radius 2 is 1.67 bits per heavy atom. The molecule has 88 valence electrons. The zero-order valence-electron chi connectivity index (χ0n) is 8.52. The van der Waals surface area contributed by atoms with Crippen LogP contribution in [0.1, 0.15) is 13.8 Å². The van der Waals surface area contributed by atoms with Crippen molar-refractivity contribution in [1.29, 1.82) is 0 Å². The Bertz CT molecular complexity index is 237. The molecular weight excluding hydrogens is 213 g/mol. The highest BCUT2D eigenvalue weighted by atomic mass is 19.4. The van der Waals surface area contributed by atoms with Gasteiger partial charge >= 0.3 is 12.1 Å². The van der Waals surface area contributed by atoms with Gasteiger partial charge in [0.25, 0.3) is 0 Å². The molecule has 0 bridgehead atoms. The topological polar surface area (TPSA) is 49.4 Å². The molecule has 0 aliphatic carbocycles. The van der Waals surface area contributed by atoms with Gasteiger partial charge in [-0.25, -0.2) is 0 Å². The lowest BCUT2D eigenvalue weighted by Crippen LogP contribution is -2.44. The summed E-state index contributed by atoms with van der Waals surface area (Å²) in [6, 6.07) is 0. The van der Waals surface area contributed by atoms with Crippen LogP contribution in [0.15, 0.2) is 0 Å². The lowest BCUT2D eigenvalue weighted by Gasteiger charge is -2.18. The Kier molecular flexibility index (Phi) is 5.10. The molecule has 15 heavy (non-hydrogen) atoms. The summed E-state index contributed by atoms with van der Waals surface area (Å²) < 4.78 is 35.2. The van der Waals surface area contributed by atoms with Crippen LogP contribution in [-0.2, 0) is 9.59 Å². The summed E-state index contributed by atoms with van der Waals surface area (Å²) >= 11 is 0. The van der Waals surface area contributed by atoms with Crippen LogP contribution in [0, 0.1) is 0 Å². The minimum absolute atomic E-state index is 0.400. The molecule has 2 amide bonds. The number of hydrogen-bond donors (Lipinski definition) is 1. The van der Waals surface area contributed by atoms with Gasteiger partial charge in [0.05, 0.1) is 6.54 Å². The molecule has 1 N–H and O–H groups in total. The highest BCUT2D eigenvalue weighted by Gasteiger charge is 2.38. The van der Waals surface area contributed by atoms with Gasteiger partial charge in [0.2, 0.25) is 5.91 Å².